The SMILES string of the molecule is C[C@@H](OC(=O)c1ccccc1)[C@@H]1COC(C)(C)O1. The number of ether oxygens (including phenoxy) is 3. The van der Waals surface area contributed by atoms with E-state index in [0.717, 1.165) is 0 Å². The first-order valence-corrected chi connectivity index (χ1v) is 6.06. The molecule has 98 valence electrons. The first kappa shape index (κ1) is 13.1. The highest BCUT2D eigenvalue weighted by molar-refractivity contribution is 5.89. The highest BCUT2D eigenvalue weighted by Crippen LogP contribution is 2.25. The maximum atomic E-state index is 11.9. The van der Waals surface area contributed by atoms with E-state index < -0.39 is 5.79 Å². The zero-order valence-corrected chi connectivity index (χ0v) is 10.9. The molecule has 1 heterocycles. The van der Waals surface area contributed by atoms with Gasteiger partial charge in [-0.3, -0.25) is 0 Å². The lowest BCUT2D eigenvalue weighted by Gasteiger charge is -2.21. The summed E-state index contributed by atoms with van der Waals surface area (Å²) < 4.78 is 16.5. The summed E-state index contributed by atoms with van der Waals surface area (Å²) in [5.74, 6) is -0.936. The molecule has 1 aliphatic rings. The minimum absolute atomic E-state index is 0.215. The fourth-order valence-corrected chi connectivity index (χ4v) is 1.83. The predicted octanol–water partition coefficient (Wildman–Crippen LogP) is 2.38. The van der Waals surface area contributed by atoms with Crippen LogP contribution in [0.15, 0.2) is 30.3 Å². The number of hydrogen-bond acceptors (Lipinski definition) is 4. The van der Waals surface area contributed by atoms with Gasteiger partial charge in [0.15, 0.2) is 5.79 Å². The molecule has 1 aliphatic heterocycles. The van der Waals surface area contributed by atoms with Crippen LogP contribution in [0.5, 0.6) is 0 Å². The summed E-state index contributed by atoms with van der Waals surface area (Å²) in [6.45, 7) is 5.95. The Morgan fingerprint density at radius 2 is 2.06 bits per heavy atom. The van der Waals surface area contributed by atoms with E-state index in [2.05, 4.69) is 0 Å². The number of rotatable bonds is 3. The normalized spacial score (nSPS) is 23.6. The van der Waals surface area contributed by atoms with E-state index in [1.807, 2.05) is 26.8 Å². The molecule has 0 spiro atoms. The van der Waals surface area contributed by atoms with Crippen molar-refractivity contribution in [1.82, 2.24) is 0 Å². The van der Waals surface area contributed by atoms with E-state index in [1.54, 1.807) is 24.3 Å². The van der Waals surface area contributed by atoms with Gasteiger partial charge in [-0.05, 0) is 32.9 Å². The summed E-state index contributed by atoms with van der Waals surface area (Å²) in [4.78, 5) is 11.9. The van der Waals surface area contributed by atoms with E-state index in [9.17, 15) is 4.79 Å². The van der Waals surface area contributed by atoms with Crippen LogP contribution in [0.4, 0.5) is 0 Å². The lowest BCUT2D eigenvalue weighted by Crippen LogP contribution is -2.32. The van der Waals surface area contributed by atoms with Gasteiger partial charge in [-0.2, -0.15) is 0 Å². The molecule has 0 N–H and O–H groups in total. The van der Waals surface area contributed by atoms with Crippen LogP contribution in [0.1, 0.15) is 31.1 Å². The molecular weight excluding hydrogens is 232 g/mol. The largest absolute Gasteiger partial charge is 0.456 e. The molecule has 0 aliphatic carbocycles. The molecule has 0 radical (unpaired) electrons. The van der Waals surface area contributed by atoms with Crippen LogP contribution in [-0.4, -0.2) is 30.6 Å². The van der Waals surface area contributed by atoms with E-state index >= 15 is 0 Å². The maximum Gasteiger partial charge on any atom is 0.338 e. The molecule has 1 fully saturated rings. The summed E-state index contributed by atoms with van der Waals surface area (Å²) >= 11 is 0. The second kappa shape index (κ2) is 5.08. The van der Waals surface area contributed by atoms with Gasteiger partial charge in [-0.25, -0.2) is 4.79 Å². The molecule has 0 unspecified atom stereocenters. The average Bonchev–Trinajstić information content (AvgIpc) is 2.71. The molecule has 0 bridgehead atoms. The van der Waals surface area contributed by atoms with E-state index in [4.69, 9.17) is 14.2 Å². The van der Waals surface area contributed by atoms with Gasteiger partial charge in [0.1, 0.15) is 12.2 Å². The molecule has 1 aromatic carbocycles. The number of carbonyl (C=O) groups excluding carboxylic acids is 1. The number of benzene rings is 1. The van der Waals surface area contributed by atoms with E-state index in [-0.39, 0.29) is 18.2 Å². The Morgan fingerprint density at radius 3 is 2.61 bits per heavy atom. The Kier molecular flexibility index (Phi) is 3.68. The Bertz CT molecular complexity index is 413. The minimum Gasteiger partial charge on any atom is -0.456 e. The van der Waals surface area contributed by atoms with E-state index in [1.165, 1.54) is 0 Å². The third kappa shape index (κ3) is 3.09. The quantitative estimate of drug-likeness (QED) is 0.773. The predicted molar refractivity (Wildman–Crippen MR) is 66.2 cm³/mol. The van der Waals surface area contributed by atoms with Crippen LogP contribution in [0.2, 0.25) is 0 Å². The van der Waals surface area contributed by atoms with Crippen molar-refractivity contribution in [1.29, 1.82) is 0 Å². The molecule has 0 saturated carbocycles. The Labute approximate surface area is 107 Å². The van der Waals surface area contributed by atoms with Crippen LogP contribution in [0, 0.1) is 0 Å². The molecule has 2 rings (SSSR count). The zero-order valence-electron chi connectivity index (χ0n) is 10.9. The Morgan fingerprint density at radius 1 is 1.39 bits per heavy atom. The molecule has 4 heteroatoms. The maximum absolute atomic E-state index is 11.9. The second-order valence-electron chi connectivity index (χ2n) is 4.84. The molecule has 0 aromatic heterocycles. The summed E-state index contributed by atoms with van der Waals surface area (Å²) in [7, 11) is 0. The van der Waals surface area contributed by atoms with Crippen molar-refractivity contribution in [3.05, 3.63) is 35.9 Å². The molecule has 4 nitrogen and oxygen atoms in total. The third-order valence-corrected chi connectivity index (χ3v) is 2.86. The molecule has 0 amide bonds. The average molecular weight is 250 g/mol. The fraction of sp³-hybridized carbons (Fsp3) is 0.500. The van der Waals surface area contributed by atoms with Crippen molar-refractivity contribution in [3.63, 3.8) is 0 Å². The summed E-state index contributed by atoms with van der Waals surface area (Å²) in [5, 5.41) is 0. The van der Waals surface area contributed by atoms with Gasteiger partial charge in [-0.15, -0.1) is 0 Å². The van der Waals surface area contributed by atoms with Crippen LogP contribution in [0.25, 0.3) is 0 Å². The summed E-state index contributed by atoms with van der Waals surface area (Å²) in [5.41, 5.74) is 0.544. The number of hydrogen-bond donors (Lipinski definition) is 0. The highest BCUT2D eigenvalue weighted by Gasteiger charge is 2.37. The topological polar surface area (TPSA) is 44.8 Å². The lowest BCUT2D eigenvalue weighted by atomic mass is 10.2. The third-order valence-electron chi connectivity index (χ3n) is 2.86. The molecular formula is C14H18O4. The smallest absolute Gasteiger partial charge is 0.338 e. The van der Waals surface area contributed by atoms with Crippen molar-refractivity contribution in [2.24, 2.45) is 0 Å². The Balaban J connectivity index is 1.92. The minimum atomic E-state index is -0.599. The molecule has 18 heavy (non-hydrogen) atoms. The van der Waals surface area contributed by atoms with Crippen LogP contribution in [0.3, 0.4) is 0 Å². The first-order chi connectivity index (χ1) is 8.48. The van der Waals surface area contributed by atoms with Gasteiger partial charge < -0.3 is 14.2 Å². The van der Waals surface area contributed by atoms with Crippen molar-refractivity contribution in [3.8, 4) is 0 Å². The van der Waals surface area contributed by atoms with Crippen molar-refractivity contribution in [2.45, 2.75) is 38.8 Å². The lowest BCUT2D eigenvalue weighted by molar-refractivity contribution is -0.150. The van der Waals surface area contributed by atoms with Gasteiger partial charge >= 0.3 is 5.97 Å². The second-order valence-corrected chi connectivity index (χ2v) is 4.84. The van der Waals surface area contributed by atoms with Gasteiger partial charge in [0.25, 0.3) is 0 Å². The summed E-state index contributed by atoms with van der Waals surface area (Å²) in [6.07, 6.45) is -0.549. The monoisotopic (exact) mass is 250 g/mol. The van der Waals surface area contributed by atoms with Crippen LogP contribution < -0.4 is 0 Å². The first-order valence-electron chi connectivity index (χ1n) is 6.06. The van der Waals surface area contributed by atoms with Gasteiger partial charge in [0.2, 0.25) is 0 Å². The van der Waals surface area contributed by atoms with E-state index in [0.29, 0.717) is 12.2 Å². The highest BCUT2D eigenvalue weighted by atomic mass is 16.7. The van der Waals surface area contributed by atoms with Crippen LogP contribution >= 0.6 is 0 Å². The van der Waals surface area contributed by atoms with Gasteiger partial charge in [0.05, 0.1) is 12.2 Å². The van der Waals surface area contributed by atoms with Crippen LogP contribution in [-0.2, 0) is 14.2 Å². The van der Waals surface area contributed by atoms with Crippen molar-refractivity contribution < 1.29 is 19.0 Å². The zero-order chi connectivity index (χ0) is 13.2. The van der Waals surface area contributed by atoms with Gasteiger partial charge in [-0.1, -0.05) is 18.2 Å². The number of esters is 1. The standard InChI is InChI=1S/C14H18O4/c1-10(12-9-16-14(2,3)18-12)17-13(15)11-7-5-4-6-8-11/h4-8,10,12H,9H2,1-3H3/t10-,12+/m1/s1. The fourth-order valence-electron chi connectivity index (χ4n) is 1.83. The number of carbonyl (C=O) groups is 1. The van der Waals surface area contributed by atoms with Crippen molar-refractivity contribution in [2.75, 3.05) is 6.61 Å². The molecule has 1 saturated heterocycles. The Hall–Kier alpha value is -1.39. The van der Waals surface area contributed by atoms with Gasteiger partial charge in [0, 0.05) is 0 Å². The molecule has 2 atom stereocenters. The van der Waals surface area contributed by atoms with Crippen molar-refractivity contribution >= 4 is 5.97 Å². The summed E-state index contributed by atoms with van der Waals surface area (Å²) in [6, 6.07) is 8.92. The molecule has 1 aromatic rings.